The SMILES string of the molecule is CN(C)C(=O)CN=C(NCCc1ccccc1)N1CCC(COCc2ccccc2)C1.I. The molecule has 1 unspecified atom stereocenters. The van der Waals surface area contributed by atoms with E-state index in [2.05, 4.69) is 51.6 Å². The summed E-state index contributed by atoms with van der Waals surface area (Å²) < 4.78 is 5.95. The number of hydrogen-bond acceptors (Lipinski definition) is 3. The predicted octanol–water partition coefficient (Wildman–Crippen LogP) is 3.42. The quantitative estimate of drug-likeness (QED) is 0.296. The van der Waals surface area contributed by atoms with E-state index in [1.807, 2.05) is 24.3 Å². The molecule has 0 aliphatic carbocycles. The van der Waals surface area contributed by atoms with Gasteiger partial charge in [0.2, 0.25) is 5.91 Å². The molecule has 0 aromatic heterocycles. The molecule has 0 spiro atoms. The van der Waals surface area contributed by atoms with Crippen LogP contribution in [-0.2, 0) is 22.6 Å². The molecule has 1 saturated heterocycles. The van der Waals surface area contributed by atoms with E-state index in [-0.39, 0.29) is 36.4 Å². The lowest BCUT2D eigenvalue weighted by Crippen LogP contribution is -2.42. The van der Waals surface area contributed by atoms with Crippen molar-refractivity contribution in [3.63, 3.8) is 0 Å². The van der Waals surface area contributed by atoms with Gasteiger partial charge in [0.05, 0.1) is 13.2 Å². The maximum atomic E-state index is 12.1. The zero-order chi connectivity index (χ0) is 21.9. The fourth-order valence-corrected chi connectivity index (χ4v) is 3.59. The molecule has 32 heavy (non-hydrogen) atoms. The van der Waals surface area contributed by atoms with Crippen LogP contribution in [0.2, 0.25) is 0 Å². The molecule has 7 heteroatoms. The van der Waals surface area contributed by atoms with Gasteiger partial charge in [0.15, 0.2) is 5.96 Å². The molecule has 3 rings (SSSR count). The van der Waals surface area contributed by atoms with Gasteiger partial charge in [0.25, 0.3) is 0 Å². The van der Waals surface area contributed by atoms with E-state index in [1.54, 1.807) is 19.0 Å². The number of nitrogens with zero attached hydrogens (tertiary/aromatic N) is 3. The molecule has 1 aliphatic heterocycles. The molecule has 0 saturated carbocycles. The second-order valence-electron chi connectivity index (χ2n) is 8.19. The number of carbonyl (C=O) groups is 1. The standard InChI is InChI=1S/C25H34N4O2.HI/c1-28(2)24(30)17-27-25(26-15-13-21-9-5-3-6-10-21)29-16-14-23(18-29)20-31-19-22-11-7-4-8-12-22;/h3-12,23H,13-20H2,1-2H3,(H,26,27);1H. The van der Waals surface area contributed by atoms with Crippen molar-refractivity contribution in [2.75, 3.05) is 46.9 Å². The zero-order valence-electron chi connectivity index (χ0n) is 19.1. The predicted molar refractivity (Wildman–Crippen MR) is 140 cm³/mol. The van der Waals surface area contributed by atoms with Crippen LogP contribution in [0.1, 0.15) is 17.5 Å². The van der Waals surface area contributed by atoms with Gasteiger partial charge in [-0.2, -0.15) is 0 Å². The van der Waals surface area contributed by atoms with Gasteiger partial charge in [-0.05, 0) is 24.0 Å². The molecule has 1 fully saturated rings. The van der Waals surface area contributed by atoms with Crippen molar-refractivity contribution in [3.8, 4) is 0 Å². The molecule has 0 bridgehead atoms. The van der Waals surface area contributed by atoms with Crippen LogP contribution in [0.15, 0.2) is 65.7 Å². The summed E-state index contributed by atoms with van der Waals surface area (Å²) in [5.41, 5.74) is 2.48. The van der Waals surface area contributed by atoms with Gasteiger partial charge in [0, 0.05) is 39.6 Å². The Balaban J connectivity index is 0.00000363. The second kappa shape index (κ2) is 14.1. The number of hydrogen-bond donors (Lipinski definition) is 1. The Morgan fingerprint density at radius 3 is 2.41 bits per heavy atom. The number of aliphatic imine (C=N–C) groups is 1. The molecule has 1 amide bonds. The number of likely N-dealkylation sites (tertiary alicyclic amines) is 1. The summed E-state index contributed by atoms with van der Waals surface area (Å²) in [7, 11) is 3.52. The van der Waals surface area contributed by atoms with E-state index in [0.29, 0.717) is 12.5 Å². The number of ether oxygens (including phenoxy) is 1. The van der Waals surface area contributed by atoms with Gasteiger partial charge in [-0.25, -0.2) is 4.99 Å². The Hall–Kier alpha value is -2.13. The number of rotatable bonds is 9. The van der Waals surface area contributed by atoms with E-state index >= 15 is 0 Å². The number of halogens is 1. The Kier molecular flexibility index (Phi) is 11.5. The van der Waals surface area contributed by atoms with Crippen LogP contribution >= 0.6 is 24.0 Å². The third kappa shape index (κ3) is 8.78. The van der Waals surface area contributed by atoms with Crippen LogP contribution in [-0.4, -0.2) is 68.5 Å². The number of benzene rings is 2. The summed E-state index contributed by atoms with van der Waals surface area (Å²) in [4.78, 5) is 20.5. The van der Waals surface area contributed by atoms with Gasteiger partial charge in [-0.3, -0.25) is 4.79 Å². The van der Waals surface area contributed by atoms with Crippen molar-refractivity contribution in [2.24, 2.45) is 10.9 Å². The van der Waals surface area contributed by atoms with Crippen LogP contribution in [0.5, 0.6) is 0 Å². The lowest BCUT2D eigenvalue weighted by Gasteiger charge is -2.22. The van der Waals surface area contributed by atoms with Gasteiger partial charge in [-0.1, -0.05) is 60.7 Å². The normalized spacial score (nSPS) is 15.9. The van der Waals surface area contributed by atoms with Gasteiger partial charge >= 0.3 is 0 Å². The van der Waals surface area contributed by atoms with Gasteiger partial charge in [0.1, 0.15) is 6.54 Å². The van der Waals surface area contributed by atoms with E-state index in [0.717, 1.165) is 45.0 Å². The van der Waals surface area contributed by atoms with E-state index in [4.69, 9.17) is 4.74 Å². The zero-order valence-corrected chi connectivity index (χ0v) is 21.4. The van der Waals surface area contributed by atoms with Crippen molar-refractivity contribution >= 4 is 35.8 Å². The summed E-state index contributed by atoms with van der Waals surface area (Å²) >= 11 is 0. The smallest absolute Gasteiger partial charge is 0.243 e. The molecule has 1 N–H and O–H groups in total. The summed E-state index contributed by atoms with van der Waals surface area (Å²) in [6.45, 7) is 4.14. The lowest BCUT2D eigenvalue weighted by atomic mass is 10.1. The molecule has 2 aromatic rings. The second-order valence-corrected chi connectivity index (χ2v) is 8.19. The van der Waals surface area contributed by atoms with E-state index < -0.39 is 0 Å². The van der Waals surface area contributed by atoms with Gasteiger partial charge < -0.3 is 19.9 Å². The fraction of sp³-hybridized carbons (Fsp3) is 0.440. The van der Waals surface area contributed by atoms with Crippen molar-refractivity contribution in [1.82, 2.24) is 15.1 Å². The third-order valence-electron chi connectivity index (χ3n) is 5.45. The van der Waals surface area contributed by atoms with Crippen molar-refractivity contribution in [1.29, 1.82) is 0 Å². The Morgan fingerprint density at radius 1 is 1.09 bits per heavy atom. The van der Waals surface area contributed by atoms with Crippen LogP contribution in [0.4, 0.5) is 0 Å². The highest BCUT2D eigenvalue weighted by molar-refractivity contribution is 14.0. The highest BCUT2D eigenvalue weighted by Gasteiger charge is 2.25. The van der Waals surface area contributed by atoms with E-state index in [1.165, 1.54) is 11.1 Å². The first-order valence-corrected chi connectivity index (χ1v) is 11.0. The Morgan fingerprint density at radius 2 is 1.75 bits per heavy atom. The van der Waals surface area contributed by atoms with Crippen molar-refractivity contribution in [2.45, 2.75) is 19.4 Å². The molecular formula is C25H35IN4O2. The third-order valence-corrected chi connectivity index (χ3v) is 5.45. The average Bonchev–Trinajstić information content (AvgIpc) is 3.26. The summed E-state index contributed by atoms with van der Waals surface area (Å²) in [5.74, 6) is 1.29. The molecule has 2 aromatic carbocycles. The minimum absolute atomic E-state index is 0. The molecule has 1 aliphatic rings. The minimum Gasteiger partial charge on any atom is -0.376 e. The lowest BCUT2D eigenvalue weighted by molar-refractivity contribution is -0.127. The fourth-order valence-electron chi connectivity index (χ4n) is 3.59. The van der Waals surface area contributed by atoms with E-state index in [9.17, 15) is 4.79 Å². The molecule has 6 nitrogen and oxygen atoms in total. The molecule has 0 radical (unpaired) electrons. The number of likely N-dealkylation sites (N-methyl/N-ethyl adjacent to an activating group) is 1. The Bertz CT molecular complexity index is 830. The molecule has 1 heterocycles. The Labute approximate surface area is 209 Å². The monoisotopic (exact) mass is 550 g/mol. The first-order valence-electron chi connectivity index (χ1n) is 11.0. The highest BCUT2D eigenvalue weighted by Crippen LogP contribution is 2.17. The number of nitrogens with one attached hydrogen (secondary N) is 1. The van der Waals surface area contributed by atoms with Crippen molar-refractivity contribution < 1.29 is 9.53 Å². The molecule has 174 valence electrons. The number of amides is 1. The van der Waals surface area contributed by atoms with Crippen LogP contribution in [0, 0.1) is 5.92 Å². The summed E-state index contributed by atoms with van der Waals surface area (Å²) in [6.07, 6.45) is 1.98. The minimum atomic E-state index is 0. The van der Waals surface area contributed by atoms with Gasteiger partial charge in [-0.15, -0.1) is 24.0 Å². The number of guanidine groups is 1. The molecule has 1 atom stereocenters. The summed E-state index contributed by atoms with van der Waals surface area (Å²) in [6, 6.07) is 20.7. The highest BCUT2D eigenvalue weighted by atomic mass is 127. The largest absolute Gasteiger partial charge is 0.376 e. The van der Waals surface area contributed by atoms with Crippen LogP contribution < -0.4 is 5.32 Å². The summed E-state index contributed by atoms with van der Waals surface area (Å²) in [5, 5.41) is 3.47. The first-order chi connectivity index (χ1) is 15.1. The first kappa shape index (κ1) is 26.1. The van der Waals surface area contributed by atoms with Crippen LogP contribution in [0.25, 0.3) is 0 Å². The van der Waals surface area contributed by atoms with Crippen molar-refractivity contribution in [3.05, 3.63) is 71.8 Å². The topological polar surface area (TPSA) is 57.2 Å². The molecular weight excluding hydrogens is 515 g/mol. The van der Waals surface area contributed by atoms with Crippen LogP contribution in [0.3, 0.4) is 0 Å². The number of carbonyl (C=O) groups excluding carboxylic acids is 1. The maximum Gasteiger partial charge on any atom is 0.243 e. The maximum absolute atomic E-state index is 12.1. The average molecular weight is 550 g/mol.